The highest BCUT2D eigenvalue weighted by Gasteiger charge is 2.16. The molecular formula is C50H32N2. The van der Waals surface area contributed by atoms with Crippen LogP contribution in [-0.2, 0) is 0 Å². The number of rotatable bonds is 4. The molecule has 2 aromatic heterocycles. The third-order valence-electron chi connectivity index (χ3n) is 10.9. The Morgan fingerprint density at radius 3 is 1.50 bits per heavy atom. The van der Waals surface area contributed by atoms with Crippen LogP contribution in [0.4, 0.5) is 0 Å². The van der Waals surface area contributed by atoms with Crippen LogP contribution in [0, 0.1) is 0 Å². The number of nitrogens with zero attached hydrogens (tertiary/aromatic N) is 2. The van der Waals surface area contributed by atoms with Gasteiger partial charge in [-0.25, -0.2) is 0 Å². The second-order valence-corrected chi connectivity index (χ2v) is 13.8. The topological polar surface area (TPSA) is 9.86 Å². The number of hydrogen-bond acceptors (Lipinski definition) is 0. The molecule has 0 atom stereocenters. The Hall–Kier alpha value is -6.90. The largest absolute Gasteiger partial charge is 0.309 e. The van der Waals surface area contributed by atoms with Gasteiger partial charge in [-0.15, -0.1) is 0 Å². The average Bonchev–Trinajstić information content (AvgIpc) is 3.73. The highest BCUT2D eigenvalue weighted by molar-refractivity contribution is 6.13. The van der Waals surface area contributed by atoms with E-state index in [-0.39, 0.29) is 0 Å². The minimum Gasteiger partial charge on any atom is -0.309 e. The van der Waals surface area contributed by atoms with Crippen molar-refractivity contribution in [2.75, 3.05) is 0 Å². The predicted octanol–water partition coefficient (Wildman–Crippen LogP) is 13.5. The van der Waals surface area contributed by atoms with Crippen molar-refractivity contribution in [1.82, 2.24) is 9.13 Å². The minimum absolute atomic E-state index is 1.16. The van der Waals surface area contributed by atoms with Crippen LogP contribution in [0.25, 0.3) is 98.8 Å². The summed E-state index contributed by atoms with van der Waals surface area (Å²) in [5, 5.41) is 10.0. The zero-order valence-corrected chi connectivity index (χ0v) is 28.4. The van der Waals surface area contributed by atoms with Gasteiger partial charge in [0.05, 0.1) is 22.1 Å². The van der Waals surface area contributed by atoms with Gasteiger partial charge in [-0.05, 0) is 111 Å². The summed E-state index contributed by atoms with van der Waals surface area (Å²) in [6.07, 6.45) is 0. The van der Waals surface area contributed by atoms with E-state index < -0.39 is 0 Å². The molecule has 52 heavy (non-hydrogen) atoms. The van der Waals surface area contributed by atoms with Crippen LogP contribution in [-0.4, -0.2) is 9.13 Å². The maximum absolute atomic E-state index is 2.43. The molecule has 0 aliphatic rings. The predicted molar refractivity (Wildman–Crippen MR) is 221 cm³/mol. The Bertz CT molecular complexity index is 3170. The SMILES string of the molecule is c1ccc(-n2c3ccccc3c3cc(-c4ccc5c(c4)c4ccccc4n5-c4ccc5ccc(-c6cccc7ccccc67)cc5c4)ccc32)cc1. The lowest BCUT2D eigenvalue weighted by Crippen LogP contribution is -1.94. The van der Waals surface area contributed by atoms with Crippen LogP contribution < -0.4 is 0 Å². The van der Waals surface area contributed by atoms with Crippen molar-refractivity contribution in [3.63, 3.8) is 0 Å². The van der Waals surface area contributed by atoms with E-state index in [0.29, 0.717) is 0 Å². The van der Waals surface area contributed by atoms with Crippen molar-refractivity contribution in [2.45, 2.75) is 0 Å². The van der Waals surface area contributed by atoms with E-state index >= 15 is 0 Å². The average molecular weight is 661 g/mol. The zero-order chi connectivity index (χ0) is 34.2. The van der Waals surface area contributed by atoms with E-state index in [9.17, 15) is 0 Å². The molecular weight excluding hydrogens is 629 g/mol. The van der Waals surface area contributed by atoms with E-state index in [1.54, 1.807) is 0 Å². The second-order valence-electron chi connectivity index (χ2n) is 13.8. The summed E-state index contributed by atoms with van der Waals surface area (Å²) in [4.78, 5) is 0. The van der Waals surface area contributed by atoms with Crippen molar-refractivity contribution in [3.8, 4) is 33.6 Å². The smallest absolute Gasteiger partial charge is 0.0541 e. The summed E-state index contributed by atoms with van der Waals surface area (Å²) in [5.74, 6) is 0. The van der Waals surface area contributed by atoms with Crippen LogP contribution in [0.15, 0.2) is 194 Å². The lowest BCUT2D eigenvalue weighted by Gasteiger charge is -2.12. The summed E-state index contributed by atoms with van der Waals surface area (Å²) >= 11 is 0. The standard InChI is InChI=1S/C50H32N2/c1-2-13-39(14-3-1)51-47-19-8-6-16-43(47)45-31-35(24-27-49(45)51)36-25-28-50-46(32-36)44-17-7-9-20-48(44)52(50)40-26-23-33-21-22-37(29-38(33)30-40)42-18-10-12-34-11-4-5-15-41(34)42/h1-32H. The normalized spacial score (nSPS) is 11.8. The minimum atomic E-state index is 1.16. The quantitative estimate of drug-likeness (QED) is 0.178. The van der Waals surface area contributed by atoms with Crippen molar-refractivity contribution in [3.05, 3.63) is 194 Å². The van der Waals surface area contributed by atoms with Crippen molar-refractivity contribution in [1.29, 1.82) is 0 Å². The molecule has 0 unspecified atom stereocenters. The van der Waals surface area contributed by atoms with Crippen molar-refractivity contribution >= 4 is 65.2 Å². The molecule has 11 rings (SSSR count). The second kappa shape index (κ2) is 11.3. The Morgan fingerprint density at radius 2 is 0.788 bits per heavy atom. The number of fused-ring (bicyclic) bond motifs is 8. The van der Waals surface area contributed by atoms with Crippen LogP contribution in [0.3, 0.4) is 0 Å². The van der Waals surface area contributed by atoms with Gasteiger partial charge >= 0.3 is 0 Å². The van der Waals surface area contributed by atoms with Gasteiger partial charge < -0.3 is 9.13 Å². The summed E-state index contributed by atoms with van der Waals surface area (Å²) in [7, 11) is 0. The Balaban J connectivity index is 1.06. The first-order valence-electron chi connectivity index (χ1n) is 17.9. The van der Waals surface area contributed by atoms with E-state index in [4.69, 9.17) is 0 Å². The van der Waals surface area contributed by atoms with Crippen LogP contribution >= 0.6 is 0 Å². The van der Waals surface area contributed by atoms with E-state index in [1.807, 2.05) is 0 Å². The first kappa shape index (κ1) is 28.9. The van der Waals surface area contributed by atoms with E-state index in [1.165, 1.54) is 93.1 Å². The molecule has 0 radical (unpaired) electrons. The lowest BCUT2D eigenvalue weighted by molar-refractivity contribution is 1.18. The fraction of sp³-hybridized carbons (Fsp3) is 0. The van der Waals surface area contributed by atoms with Crippen molar-refractivity contribution in [2.24, 2.45) is 0 Å². The summed E-state index contributed by atoms with van der Waals surface area (Å²) in [6, 6.07) is 71.0. The Kier molecular flexibility index (Phi) is 6.28. The molecule has 0 amide bonds. The Morgan fingerprint density at radius 1 is 0.250 bits per heavy atom. The molecule has 242 valence electrons. The fourth-order valence-electron chi connectivity index (χ4n) is 8.46. The molecule has 0 saturated carbocycles. The number of aromatic nitrogens is 2. The Labute approximate surface area is 301 Å². The van der Waals surface area contributed by atoms with Gasteiger partial charge in [0.1, 0.15) is 0 Å². The molecule has 0 N–H and O–H groups in total. The molecule has 0 fully saturated rings. The number of para-hydroxylation sites is 3. The molecule has 0 spiro atoms. The first-order valence-corrected chi connectivity index (χ1v) is 17.9. The van der Waals surface area contributed by atoms with Gasteiger partial charge in [0.15, 0.2) is 0 Å². The van der Waals surface area contributed by atoms with Gasteiger partial charge in [-0.2, -0.15) is 0 Å². The molecule has 0 aliphatic heterocycles. The van der Waals surface area contributed by atoms with Gasteiger partial charge in [0.2, 0.25) is 0 Å². The molecule has 0 bridgehead atoms. The maximum atomic E-state index is 2.43. The monoisotopic (exact) mass is 660 g/mol. The van der Waals surface area contributed by atoms with Gasteiger partial charge in [-0.1, -0.05) is 127 Å². The highest BCUT2D eigenvalue weighted by Crippen LogP contribution is 2.39. The maximum Gasteiger partial charge on any atom is 0.0541 e. The van der Waals surface area contributed by atoms with Gasteiger partial charge in [0, 0.05) is 32.9 Å². The van der Waals surface area contributed by atoms with Crippen LogP contribution in [0.5, 0.6) is 0 Å². The number of hydrogen-bond donors (Lipinski definition) is 0. The van der Waals surface area contributed by atoms with Gasteiger partial charge in [-0.3, -0.25) is 0 Å². The molecule has 0 aliphatic carbocycles. The third-order valence-corrected chi connectivity index (χ3v) is 10.9. The van der Waals surface area contributed by atoms with Gasteiger partial charge in [0.25, 0.3) is 0 Å². The zero-order valence-electron chi connectivity index (χ0n) is 28.4. The first-order chi connectivity index (χ1) is 25.8. The van der Waals surface area contributed by atoms with Crippen molar-refractivity contribution < 1.29 is 0 Å². The molecule has 2 heteroatoms. The molecule has 11 aromatic rings. The number of benzene rings is 9. The highest BCUT2D eigenvalue weighted by atomic mass is 15.0. The van der Waals surface area contributed by atoms with E-state index in [2.05, 4.69) is 203 Å². The van der Waals surface area contributed by atoms with Crippen LogP contribution in [0.1, 0.15) is 0 Å². The molecule has 2 nitrogen and oxygen atoms in total. The summed E-state index contributed by atoms with van der Waals surface area (Å²) in [6.45, 7) is 0. The van der Waals surface area contributed by atoms with Crippen LogP contribution in [0.2, 0.25) is 0 Å². The lowest BCUT2D eigenvalue weighted by atomic mass is 9.96. The molecule has 9 aromatic carbocycles. The third kappa shape index (κ3) is 4.38. The summed E-state index contributed by atoms with van der Waals surface area (Å²) < 4.78 is 4.80. The fourth-order valence-corrected chi connectivity index (χ4v) is 8.46. The molecule has 0 saturated heterocycles. The molecule has 2 heterocycles. The van der Waals surface area contributed by atoms with E-state index in [0.717, 1.165) is 5.69 Å². The summed E-state index contributed by atoms with van der Waals surface area (Å²) in [5.41, 5.74) is 12.1.